The van der Waals surface area contributed by atoms with Gasteiger partial charge in [-0.05, 0) is 18.2 Å². The van der Waals surface area contributed by atoms with E-state index in [1.807, 2.05) is 18.2 Å². The van der Waals surface area contributed by atoms with Crippen LogP contribution in [0.4, 0.5) is 5.69 Å². The minimum atomic E-state index is -0.112. The molecule has 3 rings (SSSR count). The molecule has 1 aromatic heterocycles. The Bertz CT molecular complexity index is 523. The Kier molecular flexibility index (Phi) is 1.93. The number of carbonyl (C=O) groups is 1. The largest absolute Gasteiger partial charge is 0.272 e. The number of nitrogens with zero attached hydrogens (tertiary/aromatic N) is 2. The fourth-order valence-corrected chi connectivity index (χ4v) is 2.21. The molecule has 1 amide bonds. The van der Waals surface area contributed by atoms with E-state index in [0.29, 0.717) is 6.61 Å². The SMILES string of the molecule is O=C1[CH]CON1c1ccc2ncsc2c1. The van der Waals surface area contributed by atoms with E-state index >= 15 is 0 Å². The van der Waals surface area contributed by atoms with Gasteiger partial charge in [-0.15, -0.1) is 11.3 Å². The number of hydrogen-bond donors (Lipinski definition) is 0. The zero-order valence-electron chi connectivity index (χ0n) is 7.71. The average molecular weight is 219 g/mol. The number of hydroxylamine groups is 1. The highest BCUT2D eigenvalue weighted by Crippen LogP contribution is 2.26. The van der Waals surface area contributed by atoms with E-state index in [1.165, 1.54) is 11.5 Å². The summed E-state index contributed by atoms with van der Waals surface area (Å²) < 4.78 is 1.05. The standard InChI is InChI=1S/C10H7N2O2S/c13-10-3-4-14-12(10)7-1-2-8-9(5-7)15-6-11-8/h1-3,5-6H,4H2. The van der Waals surface area contributed by atoms with Crippen LogP contribution in [0.25, 0.3) is 10.2 Å². The van der Waals surface area contributed by atoms with Gasteiger partial charge in [0.1, 0.15) is 0 Å². The van der Waals surface area contributed by atoms with Crippen LogP contribution in [-0.2, 0) is 9.63 Å². The fraction of sp³-hybridized carbons (Fsp3) is 0.100. The first kappa shape index (κ1) is 8.82. The molecule has 1 aliphatic heterocycles. The number of fused-ring (bicyclic) bond motifs is 1. The molecule has 0 aliphatic carbocycles. The third-order valence-corrected chi connectivity index (χ3v) is 3.00. The molecular weight excluding hydrogens is 212 g/mol. The molecule has 2 heterocycles. The number of rotatable bonds is 1. The van der Waals surface area contributed by atoms with E-state index in [-0.39, 0.29) is 5.91 Å². The Balaban J connectivity index is 2.06. The zero-order chi connectivity index (χ0) is 10.3. The molecule has 5 heteroatoms. The lowest BCUT2D eigenvalue weighted by Crippen LogP contribution is -2.22. The van der Waals surface area contributed by atoms with Gasteiger partial charge in [0.05, 0.1) is 34.4 Å². The quantitative estimate of drug-likeness (QED) is 0.734. The summed E-state index contributed by atoms with van der Waals surface area (Å²) in [5.74, 6) is -0.112. The van der Waals surface area contributed by atoms with Crippen molar-refractivity contribution in [3.8, 4) is 0 Å². The predicted molar refractivity (Wildman–Crippen MR) is 57.4 cm³/mol. The van der Waals surface area contributed by atoms with E-state index in [4.69, 9.17) is 4.84 Å². The lowest BCUT2D eigenvalue weighted by atomic mass is 10.3. The molecule has 2 aromatic rings. The van der Waals surface area contributed by atoms with E-state index in [9.17, 15) is 4.79 Å². The summed E-state index contributed by atoms with van der Waals surface area (Å²) in [4.78, 5) is 20.7. The molecule has 1 radical (unpaired) electrons. The lowest BCUT2D eigenvalue weighted by Gasteiger charge is -2.13. The van der Waals surface area contributed by atoms with Crippen LogP contribution in [-0.4, -0.2) is 17.5 Å². The van der Waals surface area contributed by atoms with Crippen LogP contribution in [0.5, 0.6) is 0 Å². The predicted octanol–water partition coefficient (Wildman–Crippen LogP) is 1.78. The summed E-state index contributed by atoms with van der Waals surface area (Å²) in [7, 11) is 0. The maximum Gasteiger partial charge on any atom is 0.257 e. The van der Waals surface area contributed by atoms with Crippen LogP contribution in [0.2, 0.25) is 0 Å². The van der Waals surface area contributed by atoms with Crippen LogP contribution in [0.1, 0.15) is 0 Å². The van der Waals surface area contributed by atoms with Crippen molar-refractivity contribution in [3.63, 3.8) is 0 Å². The second-order valence-corrected chi connectivity index (χ2v) is 4.02. The molecule has 1 aliphatic rings. The lowest BCUT2D eigenvalue weighted by molar-refractivity contribution is -0.117. The number of amides is 1. The van der Waals surface area contributed by atoms with Gasteiger partial charge < -0.3 is 0 Å². The number of thiazole rings is 1. The molecule has 75 valence electrons. The number of carbonyl (C=O) groups excluding carboxylic acids is 1. The van der Waals surface area contributed by atoms with Crippen molar-refractivity contribution < 1.29 is 9.63 Å². The number of hydrogen-bond acceptors (Lipinski definition) is 4. The van der Waals surface area contributed by atoms with E-state index < -0.39 is 0 Å². The van der Waals surface area contributed by atoms with Gasteiger partial charge in [-0.2, -0.15) is 5.06 Å². The Morgan fingerprint density at radius 3 is 3.20 bits per heavy atom. The zero-order valence-corrected chi connectivity index (χ0v) is 8.53. The van der Waals surface area contributed by atoms with Crippen molar-refractivity contribution in [3.05, 3.63) is 30.1 Å². The minimum absolute atomic E-state index is 0.112. The summed E-state index contributed by atoms with van der Waals surface area (Å²) in [6.45, 7) is 0.347. The van der Waals surface area contributed by atoms with Crippen LogP contribution in [0.15, 0.2) is 23.7 Å². The molecule has 1 saturated heterocycles. The first-order valence-corrected chi connectivity index (χ1v) is 5.36. The molecular formula is C10H7N2O2S. The fourth-order valence-electron chi connectivity index (χ4n) is 1.50. The summed E-state index contributed by atoms with van der Waals surface area (Å²) in [5.41, 5.74) is 3.48. The summed E-state index contributed by atoms with van der Waals surface area (Å²) in [6, 6.07) is 5.62. The van der Waals surface area contributed by atoms with Gasteiger partial charge in [0.25, 0.3) is 5.91 Å². The second kappa shape index (κ2) is 3.29. The molecule has 1 fully saturated rings. The van der Waals surface area contributed by atoms with Crippen LogP contribution < -0.4 is 5.06 Å². The van der Waals surface area contributed by atoms with E-state index in [0.717, 1.165) is 15.9 Å². The molecule has 0 N–H and O–H groups in total. The van der Waals surface area contributed by atoms with Gasteiger partial charge in [0, 0.05) is 0 Å². The maximum absolute atomic E-state index is 11.4. The number of benzene rings is 1. The Hall–Kier alpha value is -1.46. The van der Waals surface area contributed by atoms with Gasteiger partial charge in [-0.25, -0.2) is 4.98 Å². The topological polar surface area (TPSA) is 42.4 Å². The minimum Gasteiger partial charge on any atom is -0.272 e. The van der Waals surface area contributed by atoms with Crippen molar-refractivity contribution in [2.45, 2.75) is 0 Å². The first-order chi connectivity index (χ1) is 7.34. The van der Waals surface area contributed by atoms with E-state index in [1.54, 1.807) is 16.8 Å². The van der Waals surface area contributed by atoms with Crippen molar-refractivity contribution >= 4 is 33.1 Å². The van der Waals surface area contributed by atoms with Crippen LogP contribution >= 0.6 is 11.3 Å². The smallest absolute Gasteiger partial charge is 0.257 e. The normalized spacial score (nSPS) is 16.5. The monoisotopic (exact) mass is 219 g/mol. The van der Waals surface area contributed by atoms with Crippen molar-refractivity contribution in [2.75, 3.05) is 11.7 Å². The van der Waals surface area contributed by atoms with Gasteiger partial charge >= 0.3 is 0 Å². The highest BCUT2D eigenvalue weighted by atomic mass is 32.1. The molecule has 1 aromatic carbocycles. The van der Waals surface area contributed by atoms with Crippen LogP contribution in [0.3, 0.4) is 0 Å². The van der Waals surface area contributed by atoms with Gasteiger partial charge in [0.15, 0.2) is 0 Å². The highest BCUT2D eigenvalue weighted by molar-refractivity contribution is 7.16. The first-order valence-electron chi connectivity index (χ1n) is 4.48. The van der Waals surface area contributed by atoms with Gasteiger partial charge in [-0.3, -0.25) is 9.63 Å². The Morgan fingerprint density at radius 1 is 1.47 bits per heavy atom. The third kappa shape index (κ3) is 1.40. The Labute approximate surface area is 90.1 Å². The summed E-state index contributed by atoms with van der Waals surface area (Å²) in [5, 5.41) is 1.30. The average Bonchev–Trinajstić information content (AvgIpc) is 2.84. The van der Waals surface area contributed by atoms with E-state index in [2.05, 4.69) is 4.98 Å². The highest BCUT2D eigenvalue weighted by Gasteiger charge is 2.23. The van der Waals surface area contributed by atoms with Crippen molar-refractivity contribution in [2.24, 2.45) is 0 Å². The molecule has 0 spiro atoms. The van der Waals surface area contributed by atoms with Gasteiger partial charge in [0.2, 0.25) is 0 Å². The van der Waals surface area contributed by atoms with Crippen molar-refractivity contribution in [1.29, 1.82) is 0 Å². The Morgan fingerprint density at radius 2 is 2.40 bits per heavy atom. The maximum atomic E-state index is 11.4. The second-order valence-electron chi connectivity index (χ2n) is 3.14. The van der Waals surface area contributed by atoms with Gasteiger partial charge in [-0.1, -0.05) is 0 Å². The molecule has 15 heavy (non-hydrogen) atoms. The van der Waals surface area contributed by atoms with Crippen molar-refractivity contribution in [1.82, 2.24) is 4.98 Å². The molecule has 0 bridgehead atoms. The van der Waals surface area contributed by atoms with Crippen LogP contribution in [0, 0.1) is 6.42 Å². The molecule has 4 nitrogen and oxygen atoms in total. The number of anilines is 1. The summed E-state index contributed by atoms with van der Waals surface area (Å²) >= 11 is 1.55. The molecule has 0 saturated carbocycles. The molecule has 0 atom stereocenters. The number of aromatic nitrogens is 1. The third-order valence-electron chi connectivity index (χ3n) is 2.21. The summed E-state index contributed by atoms with van der Waals surface area (Å²) in [6.07, 6.45) is 1.51. The molecule has 0 unspecified atom stereocenters.